The maximum Gasteiger partial charge on any atom is 0.416 e. The second-order valence-corrected chi connectivity index (χ2v) is 6.00. The molecule has 3 nitrogen and oxygen atoms in total. The standard InChI is InChI=1S/C16H11F4NO2S/c1-21-15-12(13(22)14(23-15)11-3-2-6-24-11)9-7-8(16(18,19)20)4-5-10(9)17/h2-7,14,21H,1H3. The summed E-state index contributed by atoms with van der Waals surface area (Å²) in [5.74, 6) is -1.55. The number of carbonyl (C=O) groups excluding carboxylic acids is 1. The van der Waals surface area contributed by atoms with Crippen molar-refractivity contribution in [3.05, 3.63) is 63.4 Å². The molecule has 24 heavy (non-hydrogen) atoms. The summed E-state index contributed by atoms with van der Waals surface area (Å²) in [4.78, 5) is 13.2. The highest BCUT2D eigenvalue weighted by Crippen LogP contribution is 2.40. The second kappa shape index (κ2) is 5.94. The number of hydrogen-bond donors (Lipinski definition) is 1. The molecule has 0 aliphatic carbocycles. The van der Waals surface area contributed by atoms with Gasteiger partial charge in [0.05, 0.1) is 16.0 Å². The van der Waals surface area contributed by atoms with Crippen molar-refractivity contribution in [1.29, 1.82) is 0 Å². The minimum absolute atomic E-state index is 0.0448. The molecule has 2 heterocycles. The molecule has 1 atom stereocenters. The van der Waals surface area contributed by atoms with Gasteiger partial charge in [-0.15, -0.1) is 11.3 Å². The van der Waals surface area contributed by atoms with Crippen molar-refractivity contribution in [2.24, 2.45) is 0 Å². The second-order valence-electron chi connectivity index (χ2n) is 5.02. The van der Waals surface area contributed by atoms with Crippen LogP contribution in [0.1, 0.15) is 22.1 Å². The lowest BCUT2D eigenvalue weighted by atomic mass is 9.97. The van der Waals surface area contributed by atoms with Crippen LogP contribution in [-0.2, 0) is 15.7 Å². The minimum Gasteiger partial charge on any atom is -0.461 e. The number of halogens is 4. The Labute approximate surface area is 138 Å². The molecular formula is C16H11F4NO2S. The van der Waals surface area contributed by atoms with E-state index in [0.29, 0.717) is 23.1 Å². The Hall–Kier alpha value is -2.35. The van der Waals surface area contributed by atoms with Crippen molar-refractivity contribution >= 4 is 22.7 Å². The first-order valence-electron chi connectivity index (χ1n) is 6.86. The van der Waals surface area contributed by atoms with Crippen LogP contribution in [0, 0.1) is 5.82 Å². The van der Waals surface area contributed by atoms with Crippen LogP contribution in [0.2, 0.25) is 0 Å². The Morgan fingerprint density at radius 3 is 2.58 bits per heavy atom. The van der Waals surface area contributed by atoms with Crippen LogP contribution in [0.25, 0.3) is 5.57 Å². The van der Waals surface area contributed by atoms with E-state index >= 15 is 0 Å². The van der Waals surface area contributed by atoms with Crippen molar-refractivity contribution in [1.82, 2.24) is 5.32 Å². The highest BCUT2D eigenvalue weighted by molar-refractivity contribution is 7.10. The quantitative estimate of drug-likeness (QED) is 0.840. The van der Waals surface area contributed by atoms with Gasteiger partial charge in [-0.2, -0.15) is 13.2 Å². The fraction of sp³-hybridized carbons (Fsp3) is 0.188. The summed E-state index contributed by atoms with van der Waals surface area (Å²) in [6.07, 6.45) is -5.63. The Bertz CT molecular complexity index is 812. The zero-order chi connectivity index (χ0) is 17.5. The molecule has 0 bridgehead atoms. The molecule has 8 heteroatoms. The summed E-state index contributed by atoms with van der Waals surface area (Å²) in [5.41, 5.74) is -1.69. The highest BCUT2D eigenvalue weighted by atomic mass is 32.1. The molecular weight excluding hydrogens is 346 g/mol. The van der Waals surface area contributed by atoms with Crippen LogP contribution in [0.4, 0.5) is 17.6 Å². The van der Waals surface area contributed by atoms with E-state index in [1.807, 2.05) is 0 Å². The number of nitrogens with one attached hydrogen (secondary N) is 1. The minimum atomic E-state index is -4.64. The van der Waals surface area contributed by atoms with E-state index in [-0.39, 0.29) is 11.5 Å². The third-order valence-electron chi connectivity index (χ3n) is 3.54. The van der Waals surface area contributed by atoms with Crippen molar-refractivity contribution in [2.45, 2.75) is 12.3 Å². The van der Waals surface area contributed by atoms with Gasteiger partial charge >= 0.3 is 6.18 Å². The zero-order valence-corrected chi connectivity index (χ0v) is 13.1. The number of hydrogen-bond acceptors (Lipinski definition) is 4. The lowest BCUT2D eigenvalue weighted by molar-refractivity contribution is -0.137. The molecule has 1 N–H and O–H groups in total. The molecule has 1 aromatic carbocycles. The summed E-state index contributed by atoms with van der Waals surface area (Å²) >= 11 is 1.27. The van der Waals surface area contributed by atoms with Gasteiger partial charge in [0.15, 0.2) is 12.0 Å². The monoisotopic (exact) mass is 357 g/mol. The van der Waals surface area contributed by atoms with Gasteiger partial charge < -0.3 is 10.1 Å². The Morgan fingerprint density at radius 2 is 2.00 bits per heavy atom. The number of ketones is 1. The largest absolute Gasteiger partial charge is 0.461 e. The highest BCUT2D eigenvalue weighted by Gasteiger charge is 2.40. The van der Waals surface area contributed by atoms with E-state index in [1.54, 1.807) is 17.5 Å². The van der Waals surface area contributed by atoms with Gasteiger partial charge in [-0.25, -0.2) is 4.39 Å². The van der Waals surface area contributed by atoms with E-state index in [0.717, 1.165) is 0 Å². The van der Waals surface area contributed by atoms with Gasteiger partial charge in [0.25, 0.3) is 0 Å². The number of benzene rings is 1. The number of carbonyl (C=O) groups is 1. The maximum absolute atomic E-state index is 14.1. The van der Waals surface area contributed by atoms with E-state index < -0.39 is 35.0 Å². The molecule has 1 aliphatic heterocycles. The van der Waals surface area contributed by atoms with Gasteiger partial charge in [0.1, 0.15) is 5.82 Å². The van der Waals surface area contributed by atoms with Crippen molar-refractivity contribution in [3.8, 4) is 0 Å². The molecule has 2 aromatic rings. The first-order valence-corrected chi connectivity index (χ1v) is 7.74. The predicted octanol–water partition coefficient (Wildman–Crippen LogP) is 4.13. The SMILES string of the molecule is CNC1=C(c2cc(C(F)(F)F)ccc2F)C(=O)C(c2cccs2)O1. The lowest BCUT2D eigenvalue weighted by Crippen LogP contribution is -2.11. The molecule has 0 saturated heterocycles. The maximum atomic E-state index is 14.1. The number of alkyl halides is 3. The van der Waals surface area contributed by atoms with Gasteiger partial charge in [-0.1, -0.05) is 6.07 Å². The van der Waals surface area contributed by atoms with Crippen molar-refractivity contribution in [2.75, 3.05) is 7.05 Å². The number of thiophene rings is 1. The number of rotatable bonds is 3. The average molecular weight is 357 g/mol. The van der Waals surface area contributed by atoms with Gasteiger partial charge in [0, 0.05) is 12.6 Å². The first-order chi connectivity index (χ1) is 11.3. The zero-order valence-electron chi connectivity index (χ0n) is 12.3. The van der Waals surface area contributed by atoms with E-state index in [2.05, 4.69) is 5.32 Å². The summed E-state index contributed by atoms with van der Waals surface area (Å²) in [6.45, 7) is 0. The van der Waals surface area contributed by atoms with Crippen LogP contribution in [0.5, 0.6) is 0 Å². The summed E-state index contributed by atoms with van der Waals surface area (Å²) in [7, 11) is 1.45. The summed E-state index contributed by atoms with van der Waals surface area (Å²) in [6, 6.07) is 5.35. The molecule has 1 aromatic heterocycles. The van der Waals surface area contributed by atoms with E-state index in [4.69, 9.17) is 4.74 Å². The molecule has 3 rings (SSSR count). The molecule has 0 amide bonds. The Morgan fingerprint density at radius 1 is 1.25 bits per heavy atom. The van der Waals surface area contributed by atoms with E-state index in [1.165, 1.54) is 18.4 Å². The normalized spacial score (nSPS) is 18.0. The van der Waals surface area contributed by atoms with Gasteiger partial charge in [0.2, 0.25) is 5.78 Å². The van der Waals surface area contributed by atoms with Gasteiger partial charge in [-0.3, -0.25) is 4.79 Å². The number of Topliss-reactive ketones (excluding diaryl/α,β-unsaturated/α-hetero) is 1. The summed E-state index contributed by atoms with van der Waals surface area (Å²) in [5, 5.41) is 4.36. The van der Waals surface area contributed by atoms with Crippen LogP contribution >= 0.6 is 11.3 Å². The molecule has 1 aliphatic rings. The molecule has 0 spiro atoms. The van der Waals surface area contributed by atoms with Crippen LogP contribution < -0.4 is 5.32 Å². The Kier molecular flexibility index (Phi) is 4.08. The molecule has 126 valence electrons. The fourth-order valence-corrected chi connectivity index (χ4v) is 3.18. The molecule has 0 radical (unpaired) electrons. The Balaban J connectivity index is 2.09. The smallest absolute Gasteiger partial charge is 0.416 e. The van der Waals surface area contributed by atoms with Crippen molar-refractivity contribution < 1.29 is 27.1 Å². The third kappa shape index (κ3) is 2.77. The number of ether oxygens (including phenoxy) is 1. The van der Waals surface area contributed by atoms with E-state index in [9.17, 15) is 22.4 Å². The first kappa shape index (κ1) is 16.5. The van der Waals surface area contributed by atoms with Gasteiger partial charge in [-0.05, 0) is 29.6 Å². The fourth-order valence-electron chi connectivity index (χ4n) is 2.43. The van der Waals surface area contributed by atoms with Crippen LogP contribution in [-0.4, -0.2) is 12.8 Å². The lowest BCUT2D eigenvalue weighted by Gasteiger charge is -2.10. The van der Waals surface area contributed by atoms with Crippen LogP contribution in [0.15, 0.2) is 41.6 Å². The molecule has 0 fully saturated rings. The van der Waals surface area contributed by atoms with Crippen molar-refractivity contribution in [3.63, 3.8) is 0 Å². The average Bonchev–Trinajstić information content (AvgIpc) is 3.14. The predicted molar refractivity (Wildman–Crippen MR) is 80.5 cm³/mol. The van der Waals surface area contributed by atoms with Crippen LogP contribution in [0.3, 0.4) is 0 Å². The summed E-state index contributed by atoms with van der Waals surface area (Å²) < 4.78 is 58.3. The third-order valence-corrected chi connectivity index (χ3v) is 4.45. The molecule has 1 unspecified atom stereocenters. The molecule has 0 saturated carbocycles. The topological polar surface area (TPSA) is 38.3 Å².